The zero-order valence-corrected chi connectivity index (χ0v) is 25.2. The number of ether oxygens (including phenoxy) is 1. The monoisotopic (exact) mass is 585 g/mol. The number of benzene rings is 2. The summed E-state index contributed by atoms with van der Waals surface area (Å²) in [4.78, 5) is 42.8. The fourth-order valence-corrected chi connectivity index (χ4v) is 5.84. The number of morpholine rings is 1. The Bertz CT molecular complexity index is 1320. The molecular weight excluding hydrogens is 542 g/mol. The van der Waals surface area contributed by atoms with Crippen LogP contribution in [0.1, 0.15) is 55.4 Å². The van der Waals surface area contributed by atoms with Gasteiger partial charge in [0.05, 0.1) is 19.3 Å². The minimum atomic E-state index is -0.609. The second kappa shape index (κ2) is 14.6. The van der Waals surface area contributed by atoms with Crippen LogP contribution < -0.4 is 16.0 Å². The molecule has 0 unspecified atom stereocenters. The minimum Gasteiger partial charge on any atom is -0.379 e. The average Bonchev–Trinajstić information content (AvgIpc) is 3.71. The first-order chi connectivity index (χ1) is 20.9. The molecule has 3 aliphatic rings. The predicted octanol–water partition coefficient (Wildman–Crippen LogP) is 2.03. The van der Waals surface area contributed by atoms with Crippen LogP contribution in [0.4, 0.5) is 0 Å². The lowest BCUT2D eigenvalue weighted by atomic mass is 10.1. The summed E-state index contributed by atoms with van der Waals surface area (Å²) in [6.45, 7) is 9.65. The van der Waals surface area contributed by atoms with Gasteiger partial charge in [0, 0.05) is 55.8 Å². The zero-order valence-electron chi connectivity index (χ0n) is 25.2. The van der Waals surface area contributed by atoms with Crippen LogP contribution >= 0.6 is 0 Å². The molecule has 3 heterocycles. The highest BCUT2D eigenvalue weighted by atomic mass is 16.5. The molecule has 228 valence electrons. The van der Waals surface area contributed by atoms with Crippen LogP contribution in [0.15, 0.2) is 48.5 Å². The van der Waals surface area contributed by atoms with Crippen molar-refractivity contribution in [3.8, 4) is 11.8 Å². The van der Waals surface area contributed by atoms with E-state index < -0.39 is 6.04 Å². The van der Waals surface area contributed by atoms with Crippen molar-refractivity contribution in [1.82, 2.24) is 25.8 Å². The Labute approximate surface area is 254 Å². The Kier molecular flexibility index (Phi) is 10.5. The Morgan fingerprint density at radius 3 is 2.21 bits per heavy atom. The molecule has 9 heteroatoms. The molecule has 2 aromatic rings. The van der Waals surface area contributed by atoms with Gasteiger partial charge in [0.25, 0.3) is 0 Å². The number of carbonyl (C=O) groups is 3. The van der Waals surface area contributed by atoms with Crippen LogP contribution in [-0.4, -0.2) is 85.0 Å². The van der Waals surface area contributed by atoms with Crippen molar-refractivity contribution in [3.05, 3.63) is 70.8 Å². The Morgan fingerprint density at radius 2 is 1.60 bits per heavy atom. The van der Waals surface area contributed by atoms with Crippen molar-refractivity contribution in [3.63, 3.8) is 0 Å². The molecule has 0 radical (unpaired) electrons. The van der Waals surface area contributed by atoms with Gasteiger partial charge in [-0.3, -0.25) is 19.3 Å². The molecule has 0 saturated carbocycles. The second-order valence-corrected chi connectivity index (χ2v) is 12.0. The molecule has 3 saturated heterocycles. The highest BCUT2D eigenvalue weighted by Gasteiger charge is 2.41. The number of nitrogens with one attached hydrogen (secondary N) is 3. The van der Waals surface area contributed by atoms with Crippen molar-refractivity contribution >= 4 is 17.7 Å². The molecule has 3 aliphatic heterocycles. The fraction of sp³-hybridized carbons (Fsp3) is 0.500. The summed E-state index contributed by atoms with van der Waals surface area (Å²) in [6.07, 6.45) is 2.19. The number of hydrogen-bond donors (Lipinski definition) is 3. The van der Waals surface area contributed by atoms with Crippen molar-refractivity contribution in [2.75, 3.05) is 39.4 Å². The summed E-state index contributed by atoms with van der Waals surface area (Å²) in [5.41, 5.74) is 4.08. The molecule has 5 rings (SSSR count). The van der Waals surface area contributed by atoms with E-state index >= 15 is 0 Å². The van der Waals surface area contributed by atoms with Gasteiger partial charge in [0.1, 0.15) is 6.04 Å². The second-order valence-electron chi connectivity index (χ2n) is 12.0. The summed E-state index contributed by atoms with van der Waals surface area (Å²) in [5.74, 6) is 5.89. The third-order valence-corrected chi connectivity index (χ3v) is 8.34. The third kappa shape index (κ3) is 8.44. The van der Waals surface area contributed by atoms with Gasteiger partial charge in [-0.15, -0.1) is 0 Å². The summed E-state index contributed by atoms with van der Waals surface area (Å²) < 4.78 is 5.42. The number of nitrogens with zero attached hydrogens (tertiary/aromatic N) is 2. The first-order valence-corrected chi connectivity index (χ1v) is 15.5. The molecular formula is C34H43N5O4. The number of amides is 3. The van der Waals surface area contributed by atoms with Gasteiger partial charge < -0.3 is 25.6 Å². The van der Waals surface area contributed by atoms with E-state index in [1.807, 2.05) is 38.1 Å². The molecule has 0 spiro atoms. The van der Waals surface area contributed by atoms with E-state index in [4.69, 9.17) is 4.74 Å². The maximum absolute atomic E-state index is 13.2. The third-order valence-electron chi connectivity index (χ3n) is 8.34. The standard InChI is InChI=1S/C34H43N5O4/c1-24(2)34(42)39-23-29(37-32(40)30-4-3-15-35-30)20-31(39)33(41)36-21-27-11-7-25(8-12-27)5-6-26-9-13-28(14-10-26)22-38-16-18-43-19-17-38/h7-14,24,29-31,35H,3-4,15-23H2,1-2H3,(H,36,41)(H,37,40)/t29-,30+,31-/m1/s1. The molecule has 0 aliphatic carbocycles. The topological polar surface area (TPSA) is 103 Å². The summed E-state index contributed by atoms with van der Waals surface area (Å²) >= 11 is 0. The van der Waals surface area contributed by atoms with Gasteiger partial charge in [0.2, 0.25) is 17.7 Å². The zero-order chi connectivity index (χ0) is 30.2. The molecule has 9 nitrogen and oxygen atoms in total. The van der Waals surface area contributed by atoms with Crippen LogP contribution in [0.3, 0.4) is 0 Å². The highest BCUT2D eigenvalue weighted by molar-refractivity contribution is 5.89. The molecule has 3 amide bonds. The van der Waals surface area contributed by atoms with Crippen LogP contribution in [0.2, 0.25) is 0 Å². The first kappa shape index (κ1) is 30.7. The fourth-order valence-electron chi connectivity index (χ4n) is 5.84. The van der Waals surface area contributed by atoms with E-state index in [0.717, 1.165) is 68.9 Å². The number of hydrogen-bond acceptors (Lipinski definition) is 6. The van der Waals surface area contributed by atoms with E-state index in [9.17, 15) is 14.4 Å². The molecule has 3 N–H and O–H groups in total. The normalized spacial score (nSPS) is 22.2. The van der Waals surface area contributed by atoms with E-state index in [-0.39, 0.29) is 35.7 Å². The van der Waals surface area contributed by atoms with Gasteiger partial charge in [0.15, 0.2) is 0 Å². The predicted molar refractivity (Wildman–Crippen MR) is 165 cm³/mol. The quantitative estimate of drug-likeness (QED) is 0.410. The Morgan fingerprint density at radius 1 is 0.953 bits per heavy atom. The maximum atomic E-state index is 13.2. The summed E-state index contributed by atoms with van der Waals surface area (Å²) in [6, 6.07) is 15.2. The number of rotatable bonds is 8. The van der Waals surface area contributed by atoms with E-state index in [1.165, 1.54) is 5.56 Å². The number of carbonyl (C=O) groups excluding carboxylic acids is 3. The van der Waals surface area contributed by atoms with E-state index in [0.29, 0.717) is 19.5 Å². The Balaban J connectivity index is 1.13. The minimum absolute atomic E-state index is 0.0514. The van der Waals surface area contributed by atoms with Gasteiger partial charge in [-0.1, -0.05) is 50.0 Å². The van der Waals surface area contributed by atoms with Gasteiger partial charge >= 0.3 is 0 Å². The largest absolute Gasteiger partial charge is 0.379 e. The first-order valence-electron chi connectivity index (χ1n) is 15.5. The lowest BCUT2D eigenvalue weighted by molar-refractivity contribution is -0.140. The number of likely N-dealkylation sites (tertiary alicyclic amines) is 1. The lowest BCUT2D eigenvalue weighted by Crippen LogP contribution is -2.47. The van der Waals surface area contributed by atoms with Crippen LogP contribution in [0.5, 0.6) is 0 Å². The van der Waals surface area contributed by atoms with Crippen LogP contribution in [0, 0.1) is 17.8 Å². The van der Waals surface area contributed by atoms with Crippen molar-refractivity contribution in [2.45, 2.75) is 64.3 Å². The molecule has 43 heavy (non-hydrogen) atoms. The van der Waals surface area contributed by atoms with Gasteiger partial charge in [-0.25, -0.2) is 0 Å². The van der Waals surface area contributed by atoms with Gasteiger partial charge in [-0.05, 0) is 61.2 Å². The summed E-state index contributed by atoms with van der Waals surface area (Å²) in [7, 11) is 0. The smallest absolute Gasteiger partial charge is 0.243 e. The van der Waals surface area contributed by atoms with E-state index in [2.05, 4.69) is 57.0 Å². The molecule has 3 fully saturated rings. The van der Waals surface area contributed by atoms with E-state index in [1.54, 1.807) is 4.90 Å². The van der Waals surface area contributed by atoms with Crippen molar-refractivity contribution < 1.29 is 19.1 Å². The maximum Gasteiger partial charge on any atom is 0.243 e. The van der Waals surface area contributed by atoms with Crippen molar-refractivity contribution in [2.24, 2.45) is 5.92 Å². The Hall–Kier alpha value is -3.71. The highest BCUT2D eigenvalue weighted by Crippen LogP contribution is 2.22. The average molecular weight is 586 g/mol. The van der Waals surface area contributed by atoms with Crippen LogP contribution in [0.25, 0.3) is 0 Å². The lowest BCUT2D eigenvalue weighted by Gasteiger charge is -2.26. The summed E-state index contributed by atoms with van der Waals surface area (Å²) in [5, 5.41) is 9.26. The molecule has 0 bridgehead atoms. The SMILES string of the molecule is CC(C)C(=O)N1C[C@H](NC(=O)[C@@H]2CCCN2)C[C@@H]1C(=O)NCc1ccc(C#Cc2ccc(CN3CCOCC3)cc2)cc1. The molecule has 3 atom stereocenters. The van der Waals surface area contributed by atoms with Gasteiger partial charge in [-0.2, -0.15) is 0 Å². The molecule has 0 aromatic heterocycles. The van der Waals surface area contributed by atoms with Crippen LogP contribution in [-0.2, 0) is 32.2 Å². The molecule has 2 aromatic carbocycles. The van der Waals surface area contributed by atoms with Crippen molar-refractivity contribution in [1.29, 1.82) is 0 Å².